The molecule has 0 saturated carbocycles. The van der Waals surface area contributed by atoms with E-state index in [2.05, 4.69) is 22.0 Å². The second-order valence-electron chi connectivity index (χ2n) is 15.1. The maximum atomic E-state index is 14.2. The van der Waals surface area contributed by atoms with E-state index >= 15 is 0 Å². The molecule has 2 bridgehead atoms. The number of rotatable bonds is 7. The van der Waals surface area contributed by atoms with Crippen molar-refractivity contribution in [1.82, 2.24) is 20.0 Å². The van der Waals surface area contributed by atoms with Gasteiger partial charge in [-0.05, 0) is 92.7 Å². The number of aliphatic hydroxyl groups is 1. The molecule has 0 aromatic carbocycles. The molecule has 3 aliphatic heterocycles. The summed E-state index contributed by atoms with van der Waals surface area (Å²) in [5.41, 5.74) is -1.63. The summed E-state index contributed by atoms with van der Waals surface area (Å²) >= 11 is 0. The normalized spacial score (nSPS) is 29.4. The second-order valence-corrected chi connectivity index (χ2v) is 15.1. The summed E-state index contributed by atoms with van der Waals surface area (Å²) in [5, 5.41) is 14.1. The maximum Gasteiger partial charge on any atom is 0.410 e. The van der Waals surface area contributed by atoms with Crippen LogP contribution in [0.4, 0.5) is 18.0 Å². The van der Waals surface area contributed by atoms with Crippen molar-refractivity contribution in [3.05, 3.63) is 23.4 Å². The molecule has 1 amide bonds. The number of piperidine rings is 1. The fraction of sp³-hybridized carbons (Fsp3) is 0.839. The Hall–Kier alpha value is -1.82. The fourth-order valence-electron chi connectivity index (χ4n) is 6.43. The summed E-state index contributed by atoms with van der Waals surface area (Å²) in [6.45, 7) is 17.9. The molecule has 4 unspecified atom stereocenters. The van der Waals surface area contributed by atoms with Crippen LogP contribution < -0.4 is 5.32 Å². The lowest BCUT2D eigenvalue weighted by Gasteiger charge is -2.43. The zero-order chi connectivity index (χ0) is 31.3. The number of nitrogens with one attached hydrogen (secondary N) is 1. The van der Waals surface area contributed by atoms with E-state index in [1.165, 1.54) is 13.0 Å². The number of carbonyl (C=O) groups is 1. The molecule has 0 radical (unpaired) electrons. The van der Waals surface area contributed by atoms with Gasteiger partial charge in [-0.15, -0.1) is 0 Å². The standard InChI is InChI=1S/C31H51F3N4O4/c1-27(2,3)41-25(39)20-37-18-23-15-22(37)19-38(23)24-16-29(7,31(32,33)34)10-9-21(24)17-35-30(8)11-13-36(14-12-30)26(40)42-28(4,5)6/h9,16,22-23,25,35,39H,10-15,17-20H2,1-8H3. The Bertz CT molecular complexity index is 1060. The molecular formula is C31H51F3N4O4. The van der Waals surface area contributed by atoms with Gasteiger partial charge in [-0.25, -0.2) is 4.79 Å². The molecule has 0 aromatic heterocycles. The van der Waals surface area contributed by atoms with Crippen LogP contribution in [-0.4, -0.2) is 106 Å². The summed E-state index contributed by atoms with van der Waals surface area (Å²) in [5.74, 6) is 0. The zero-order valence-electron chi connectivity index (χ0n) is 26.6. The van der Waals surface area contributed by atoms with Crippen LogP contribution in [0.15, 0.2) is 23.4 Å². The number of amides is 1. The van der Waals surface area contributed by atoms with Crippen molar-refractivity contribution in [1.29, 1.82) is 0 Å². The van der Waals surface area contributed by atoms with Crippen molar-refractivity contribution in [2.75, 3.05) is 39.3 Å². The van der Waals surface area contributed by atoms with Gasteiger partial charge in [0.15, 0.2) is 6.29 Å². The average molecular weight is 601 g/mol. The number of piperazine rings is 1. The molecule has 2 N–H and O–H groups in total. The van der Waals surface area contributed by atoms with Gasteiger partial charge in [0.25, 0.3) is 0 Å². The molecule has 0 aromatic rings. The molecule has 1 aliphatic carbocycles. The summed E-state index contributed by atoms with van der Waals surface area (Å²) < 4.78 is 53.8. The molecule has 4 aliphatic rings. The number of hydrogen-bond acceptors (Lipinski definition) is 7. The van der Waals surface area contributed by atoms with Crippen LogP contribution in [0.5, 0.6) is 0 Å². The van der Waals surface area contributed by atoms with E-state index in [1.54, 1.807) is 11.0 Å². The highest BCUT2D eigenvalue weighted by molar-refractivity contribution is 5.68. The minimum atomic E-state index is -4.35. The van der Waals surface area contributed by atoms with Crippen LogP contribution in [0.3, 0.4) is 0 Å². The van der Waals surface area contributed by atoms with Gasteiger partial charge in [0.2, 0.25) is 0 Å². The number of β-amino-alcohol motifs (C(OH)–C–C–N with tert-alkyl or cyclic N) is 1. The molecule has 3 fully saturated rings. The van der Waals surface area contributed by atoms with Crippen LogP contribution in [0, 0.1) is 5.41 Å². The van der Waals surface area contributed by atoms with E-state index in [-0.39, 0.29) is 30.1 Å². The highest BCUT2D eigenvalue weighted by Gasteiger charge is 2.52. The summed E-state index contributed by atoms with van der Waals surface area (Å²) in [7, 11) is 0. The van der Waals surface area contributed by atoms with Crippen LogP contribution >= 0.6 is 0 Å². The molecular weight excluding hydrogens is 549 g/mol. The Morgan fingerprint density at radius 2 is 1.71 bits per heavy atom. The van der Waals surface area contributed by atoms with Crippen LogP contribution in [0.1, 0.15) is 81.1 Å². The molecule has 11 heteroatoms. The first-order valence-corrected chi connectivity index (χ1v) is 15.3. The van der Waals surface area contributed by atoms with Crippen molar-refractivity contribution >= 4 is 6.09 Å². The quantitative estimate of drug-likeness (QED) is 0.397. The Labute approximate surface area is 249 Å². The number of ether oxygens (including phenoxy) is 2. The van der Waals surface area contributed by atoms with E-state index < -0.39 is 29.1 Å². The van der Waals surface area contributed by atoms with Gasteiger partial charge in [0.1, 0.15) is 5.60 Å². The minimum Gasteiger partial charge on any atom is -0.444 e. The highest BCUT2D eigenvalue weighted by atomic mass is 19.4. The summed E-state index contributed by atoms with van der Waals surface area (Å²) in [4.78, 5) is 18.6. The van der Waals surface area contributed by atoms with Gasteiger partial charge >= 0.3 is 12.3 Å². The Morgan fingerprint density at radius 1 is 1.07 bits per heavy atom. The van der Waals surface area contributed by atoms with Gasteiger partial charge in [0.05, 0.1) is 11.0 Å². The van der Waals surface area contributed by atoms with Crippen LogP contribution in [-0.2, 0) is 9.47 Å². The van der Waals surface area contributed by atoms with Crippen molar-refractivity contribution in [2.24, 2.45) is 5.41 Å². The predicted octanol–water partition coefficient (Wildman–Crippen LogP) is 5.04. The fourth-order valence-corrected chi connectivity index (χ4v) is 6.43. The first kappa shape index (κ1) is 33.1. The number of carbonyl (C=O) groups excluding carboxylic acids is 1. The molecule has 0 spiro atoms. The Morgan fingerprint density at radius 3 is 2.24 bits per heavy atom. The molecule has 4 rings (SSSR count). The van der Waals surface area contributed by atoms with Crippen LogP contribution in [0.2, 0.25) is 0 Å². The molecule has 3 saturated heterocycles. The van der Waals surface area contributed by atoms with Crippen molar-refractivity contribution in [3.63, 3.8) is 0 Å². The lowest BCUT2D eigenvalue weighted by atomic mass is 9.79. The predicted molar refractivity (Wildman–Crippen MR) is 156 cm³/mol. The summed E-state index contributed by atoms with van der Waals surface area (Å²) in [6.07, 6.45) is -0.171. The largest absolute Gasteiger partial charge is 0.444 e. The third-order valence-electron chi connectivity index (χ3n) is 8.97. The van der Waals surface area contributed by atoms with Crippen molar-refractivity contribution < 1.29 is 32.5 Å². The number of halogens is 3. The number of nitrogens with zero attached hydrogens (tertiary/aromatic N) is 3. The smallest absolute Gasteiger partial charge is 0.410 e. The number of aliphatic hydroxyl groups excluding tert-OH is 1. The lowest BCUT2D eigenvalue weighted by Crippen LogP contribution is -2.54. The van der Waals surface area contributed by atoms with Crippen LogP contribution in [0.25, 0.3) is 0 Å². The van der Waals surface area contributed by atoms with Crippen molar-refractivity contribution in [3.8, 4) is 0 Å². The van der Waals surface area contributed by atoms with E-state index in [0.717, 1.165) is 24.8 Å². The lowest BCUT2D eigenvalue weighted by molar-refractivity contribution is -0.199. The first-order valence-electron chi connectivity index (χ1n) is 15.3. The molecule has 42 heavy (non-hydrogen) atoms. The zero-order valence-corrected chi connectivity index (χ0v) is 26.6. The van der Waals surface area contributed by atoms with E-state index in [9.17, 15) is 23.1 Å². The number of allylic oxidation sites excluding steroid dienone is 2. The second kappa shape index (κ2) is 11.6. The Kier molecular flexibility index (Phi) is 9.13. The average Bonchev–Trinajstić information content (AvgIpc) is 3.41. The number of hydrogen-bond donors (Lipinski definition) is 2. The molecule has 4 atom stereocenters. The minimum absolute atomic E-state index is 0.0784. The van der Waals surface area contributed by atoms with Gasteiger partial charge in [-0.3, -0.25) is 4.90 Å². The number of alkyl halides is 3. The van der Waals surface area contributed by atoms with E-state index in [1.807, 2.05) is 41.5 Å². The van der Waals surface area contributed by atoms with Crippen molar-refractivity contribution in [2.45, 2.75) is 122 Å². The van der Waals surface area contributed by atoms with Gasteiger partial charge in [-0.2, -0.15) is 13.2 Å². The number of fused-ring (bicyclic) bond motifs is 2. The molecule has 8 nitrogen and oxygen atoms in total. The monoisotopic (exact) mass is 600 g/mol. The Balaban J connectivity index is 1.42. The SMILES string of the molecule is CC1(NCC2=CCC(C)(C(F)(F)F)C=C2N2CC3CC2CN3CC(O)OC(C)(C)C)CCN(C(=O)OC(C)(C)C)CC1. The van der Waals surface area contributed by atoms with E-state index in [0.29, 0.717) is 45.0 Å². The van der Waals surface area contributed by atoms with Gasteiger partial charge in [-0.1, -0.05) is 6.08 Å². The molecule has 3 heterocycles. The highest BCUT2D eigenvalue weighted by Crippen LogP contribution is 2.48. The third-order valence-corrected chi connectivity index (χ3v) is 8.97. The topological polar surface area (TPSA) is 77.5 Å². The van der Waals surface area contributed by atoms with Gasteiger partial charge in [0, 0.05) is 62.6 Å². The molecule has 240 valence electrons. The first-order chi connectivity index (χ1) is 19.2. The number of likely N-dealkylation sites (tertiary alicyclic amines) is 3. The van der Waals surface area contributed by atoms with E-state index in [4.69, 9.17) is 9.47 Å². The summed E-state index contributed by atoms with van der Waals surface area (Å²) in [6, 6.07) is 0.229. The third kappa shape index (κ3) is 7.81. The van der Waals surface area contributed by atoms with Gasteiger partial charge < -0.3 is 29.7 Å². The maximum absolute atomic E-state index is 14.2.